The maximum atomic E-state index is 12.5. The molecule has 0 radical (unpaired) electrons. The number of sulfone groups is 1. The molecule has 0 aliphatic carbocycles. The number of carbonyl (C=O) groups excluding carboxylic acids is 1. The fourth-order valence-electron chi connectivity index (χ4n) is 3.20. The first-order valence-corrected chi connectivity index (χ1v) is 10.9. The van der Waals surface area contributed by atoms with Crippen molar-refractivity contribution < 1.29 is 17.9 Å². The monoisotopic (exact) mass is 387 g/mol. The second kappa shape index (κ2) is 8.57. The van der Waals surface area contributed by atoms with Gasteiger partial charge in [-0.2, -0.15) is 0 Å². The van der Waals surface area contributed by atoms with E-state index in [0.717, 1.165) is 24.2 Å². The minimum atomic E-state index is -3.45. The number of nitrogens with zero attached hydrogens (tertiary/aromatic N) is 1. The van der Waals surface area contributed by atoms with Crippen LogP contribution in [0.4, 0.5) is 0 Å². The van der Waals surface area contributed by atoms with Crippen LogP contribution < -0.4 is 4.74 Å². The predicted octanol–water partition coefficient (Wildman–Crippen LogP) is 3.23. The van der Waals surface area contributed by atoms with E-state index < -0.39 is 9.84 Å². The van der Waals surface area contributed by atoms with E-state index in [1.54, 1.807) is 29.2 Å². The van der Waals surface area contributed by atoms with Gasteiger partial charge in [-0.05, 0) is 44.0 Å². The minimum Gasteiger partial charge on any atom is -0.489 e. The van der Waals surface area contributed by atoms with Crippen LogP contribution in [0, 0.1) is 6.92 Å². The van der Waals surface area contributed by atoms with E-state index in [-0.39, 0.29) is 29.1 Å². The average molecular weight is 388 g/mol. The molecule has 2 aromatic carbocycles. The summed E-state index contributed by atoms with van der Waals surface area (Å²) in [4.78, 5) is 14.5. The molecule has 5 nitrogen and oxygen atoms in total. The third-order valence-corrected chi connectivity index (χ3v) is 6.47. The molecule has 27 heavy (non-hydrogen) atoms. The number of likely N-dealkylation sites (tertiary alicyclic amines) is 1. The highest BCUT2D eigenvalue weighted by atomic mass is 32.2. The average Bonchev–Trinajstić information content (AvgIpc) is 2.67. The molecular formula is C21H25NO4S. The number of carbonyl (C=O) groups is 1. The first-order chi connectivity index (χ1) is 12.9. The van der Waals surface area contributed by atoms with Crippen molar-refractivity contribution in [1.82, 2.24) is 4.90 Å². The number of ether oxygens (including phenoxy) is 1. The van der Waals surface area contributed by atoms with Crippen LogP contribution in [0.15, 0.2) is 59.5 Å². The Hall–Kier alpha value is -2.34. The van der Waals surface area contributed by atoms with Crippen LogP contribution in [0.25, 0.3) is 0 Å². The van der Waals surface area contributed by atoms with Crippen LogP contribution >= 0.6 is 0 Å². The quantitative estimate of drug-likeness (QED) is 0.763. The van der Waals surface area contributed by atoms with Gasteiger partial charge in [0.2, 0.25) is 5.91 Å². The lowest BCUT2D eigenvalue weighted by molar-refractivity contribution is -0.133. The van der Waals surface area contributed by atoms with Gasteiger partial charge in [-0.25, -0.2) is 8.42 Å². The van der Waals surface area contributed by atoms with Gasteiger partial charge in [0, 0.05) is 13.0 Å². The van der Waals surface area contributed by atoms with Crippen molar-refractivity contribution in [3.63, 3.8) is 0 Å². The molecule has 1 amide bonds. The molecule has 1 saturated heterocycles. The lowest BCUT2D eigenvalue weighted by Crippen LogP contribution is -2.44. The second-order valence-electron chi connectivity index (χ2n) is 6.92. The Morgan fingerprint density at radius 2 is 1.81 bits per heavy atom. The molecule has 1 fully saturated rings. The Balaban J connectivity index is 1.55. The molecule has 6 heteroatoms. The van der Waals surface area contributed by atoms with Crippen LogP contribution in [0.2, 0.25) is 0 Å². The summed E-state index contributed by atoms with van der Waals surface area (Å²) in [5.41, 5.74) is 1.00. The maximum Gasteiger partial charge on any atom is 0.223 e. The van der Waals surface area contributed by atoms with Crippen molar-refractivity contribution in [3.8, 4) is 5.75 Å². The Morgan fingerprint density at radius 1 is 1.11 bits per heavy atom. The predicted molar refractivity (Wildman–Crippen MR) is 105 cm³/mol. The van der Waals surface area contributed by atoms with Gasteiger partial charge in [-0.3, -0.25) is 4.79 Å². The van der Waals surface area contributed by atoms with E-state index in [1.165, 1.54) is 0 Å². The first kappa shape index (κ1) is 19.4. The standard InChI is InChI=1S/C21H25NO4S/c1-17-9-11-20(12-10-17)27(24,25)15-13-21(23)22-14-5-8-19(16-22)26-18-6-3-2-4-7-18/h2-4,6-7,9-12,19H,5,8,13-16H2,1H3. The zero-order valence-electron chi connectivity index (χ0n) is 15.5. The normalized spacial score (nSPS) is 17.5. The van der Waals surface area contributed by atoms with Crippen LogP contribution in [0.3, 0.4) is 0 Å². The summed E-state index contributed by atoms with van der Waals surface area (Å²) in [5.74, 6) is 0.487. The molecule has 0 saturated carbocycles. The van der Waals surface area contributed by atoms with Crippen LogP contribution in [0.1, 0.15) is 24.8 Å². The van der Waals surface area contributed by atoms with Crippen molar-refractivity contribution >= 4 is 15.7 Å². The summed E-state index contributed by atoms with van der Waals surface area (Å²) < 4.78 is 30.8. The minimum absolute atomic E-state index is 0.00569. The Labute approximate surface area is 160 Å². The van der Waals surface area contributed by atoms with E-state index in [2.05, 4.69) is 0 Å². The molecule has 3 rings (SSSR count). The van der Waals surface area contributed by atoms with Crippen molar-refractivity contribution in [3.05, 3.63) is 60.2 Å². The molecule has 1 atom stereocenters. The van der Waals surface area contributed by atoms with Gasteiger partial charge in [0.25, 0.3) is 0 Å². The zero-order valence-corrected chi connectivity index (χ0v) is 16.3. The van der Waals surface area contributed by atoms with Crippen molar-refractivity contribution in [2.75, 3.05) is 18.8 Å². The van der Waals surface area contributed by atoms with Crippen molar-refractivity contribution in [1.29, 1.82) is 0 Å². The zero-order chi connectivity index (χ0) is 19.3. The van der Waals surface area contributed by atoms with Gasteiger partial charge in [-0.15, -0.1) is 0 Å². The fraction of sp³-hybridized carbons (Fsp3) is 0.381. The highest BCUT2D eigenvalue weighted by molar-refractivity contribution is 7.91. The van der Waals surface area contributed by atoms with Gasteiger partial charge >= 0.3 is 0 Å². The molecule has 1 aliphatic heterocycles. The Morgan fingerprint density at radius 3 is 2.52 bits per heavy atom. The summed E-state index contributed by atoms with van der Waals surface area (Å²) in [6.07, 6.45) is 1.68. The molecule has 0 aromatic heterocycles. The van der Waals surface area contributed by atoms with E-state index in [1.807, 2.05) is 37.3 Å². The topological polar surface area (TPSA) is 63.7 Å². The summed E-state index contributed by atoms with van der Waals surface area (Å²) in [5, 5.41) is 0. The molecular weight excluding hydrogens is 362 g/mol. The van der Waals surface area contributed by atoms with Gasteiger partial charge < -0.3 is 9.64 Å². The number of hydrogen-bond acceptors (Lipinski definition) is 4. The second-order valence-corrected chi connectivity index (χ2v) is 9.03. The largest absolute Gasteiger partial charge is 0.489 e. The molecule has 0 spiro atoms. The van der Waals surface area contributed by atoms with Crippen LogP contribution in [-0.2, 0) is 14.6 Å². The number of aryl methyl sites for hydroxylation is 1. The third kappa shape index (κ3) is 5.32. The number of amides is 1. The van der Waals surface area contributed by atoms with Gasteiger partial charge in [-0.1, -0.05) is 35.9 Å². The molecule has 1 heterocycles. The molecule has 0 bridgehead atoms. The number of para-hydroxylation sites is 1. The summed E-state index contributed by atoms with van der Waals surface area (Å²) in [7, 11) is -3.45. The Kier molecular flexibility index (Phi) is 6.16. The lowest BCUT2D eigenvalue weighted by atomic mass is 10.1. The van der Waals surface area contributed by atoms with Gasteiger partial charge in [0.1, 0.15) is 11.9 Å². The number of hydrogen-bond donors (Lipinski definition) is 0. The SMILES string of the molecule is Cc1ccc(S(=O)(=O)CCC(=O)N2CCCC(Oc3ccccc3)C2)cc1. The van der Waals surface area contributed by atoms with Crippen LogP contribution in [-0.4, -0.2) is 44.2 Å². The van der Waals surface area contributed by atoms with E-state index in [9.17, 15) is 13.2 Å². The molecule has 0 N–H and O–H groups in total. The first-order valence-electron chi connectivity index (χ1n) is 9.23. The number of benzene rings is 2. The molecule has 144 valence electrons. The maximum absolute atomic E-state index is 12.5. The van der Waals surface area contributed by atoms with E-state index >= 15 is 0 Å². The van der Waals surface area contributed by atoms with Gasteiger partial charge in [0.05, 0.1) is 17.2 Å². The smallest absolute Gasteiger partial charge is 0.223 e. The third-order valence-electron chi connectivity index (χ3n) is 4.74. The lowest BCUT2D eigenvalue weighted by Gasteiger charge is -2.33. The highest BCUT2D eigenvalue weighted by Crippen LogP contribution is 2.19. The Bertz CT molecular complexity index is 863. The van der Waals surface area contributed by atoms with Crippen LogP contribution in [0.5, 0.6) is 5.75 Å². The van der Waals surface area contributed by atoms with E-state index in [4.69, 9.17) is 4.74 Å². The van der Waals surface area contributed by atoms with E-state index in [0.29, 0.717) is 13.1 Å². The molecule has 1 unspecified atom stereocenters. The van der Waals surface area contributed by atoms with Crippen molar-refractivity contribution in [2.45, 2.75) is 37.2 Å². The van der Waals surface area contributed by atoms with Gasteiger partial charge in [0.15, 0.2) is 9.84 Å². The summed E-state index contributed by atoms with van der Waals surface area (Å²) >= 11 is 0. The van der Waals surface area contributed by atoms with Crippen molar-refractivity contribution in [2.24, 2.45) is 0 Å². The summed E-state index contributed by atoms with van der Waals surface area (Å²) in [6, 6.07) is 16.3. The highest BCUT2D eigenvalue weighted by Gasteiger charge is 2.26. The molecule has 2 aromatic rings. The summed E-state index contributed by atoms with van der Waals surface area (Å²) in [6.45, 7) is 3.06. The number of piperidine rings is 1. The fourth-order valence-corrected chi connectivity index (χ4v) is 4.43. The number of rotatable bonds is 6. The molecule has 1 aliphatic rings.